The predicted octanol–water partition coefficient (Wildman–Crippen LogP) is 2.05. The van der Waals surface area contributed by atoms with Gasteiger partial charge in [-0.05, 0) is 31.2 Å². The van der Waals surface area contributed by atoms with Crippen LogP contribution in [0.5, 0.6) is 0 Å². The van der Waals surface area contributed by atoms with Crippen molar-refractivity contribution in [1.82, 2.24) is 15.1 Å². The third-order valence-corrected chi connectivity index (χ3v) is 4.82. The number of aryl methyl sites for hydroxylation is 1. The first kappa shape index (κ1) is 17.6. The highest BCUT2D eigenvalue weighted by Gasteiger charge is 2.32. The maximum Gasteiger partial charge on any atom is 0.274 e. The topological polar surface area (TPSA) is 90.0 Å². The van der Waals surface area contributed by atoms with Gasteiger partial charge in [0, 0.05) is 24.5 Å². The van der Waals surface area contributed by atoms with Gasteiger partial charge in [0.2, 0.25) is 0 Å². The summed E-state index contributed by atoms with van der Waals surface area (Å²) in [5.74, 6) is 0.221. The Hall–Kier alpha value is -2.21. The summed E-state index contributed by atoms with van der Waals surface area (Å²) in [5, 5.41) is 8.54. The molecule has 0 bridgehead atoms. The Kier molecular flexibility index (Phi) is 5.48. The molecule has 3 N–H and O–H groups in total. The Morgan fingerprint density at radius 1 is 1.32 bits per heavy atom. The molecule has 2 aromatic rings. The second kappa shape index (κ2) is 7.78. The molecule has 25 heavy (non-hydrogen) atoms. The van der Waals surface area contributed by atoms with Crippen LogP contribution >= 0.6 is 0 Å². The summed E-state index contributed by atoms with van der Waals surface area (Å²) < 4.78 is 1.43. The molecule has 1 aromatic heterocycles. The van der Waals surface area contributed by atoms with E-state index >= 15 is 0 Å². The van der Waals surface area contributed by atoms with Crippen LogP contribution in [-0.2, 0) is 6.54 Å². The lowest BCUT2D eigenvalue weighted by Gasteiger charge is -2.17. The van der Waals surface area contributed by atoms with Crippen molar-refractivity contribution >= 4 is 16.7 Å². The summed E-state index contributed by atoms with van der Waals surface area (Å²) in [6.07, 6.45) is 5.17. The van der Waals surface area contributed by atoms with Gasteiger partial charge >= 0.3 is 0 Å². The van der Waals surface area contributed by atoms with Gasteiger partial charge < -0.3 is 11.1 Å². The molecular weight excluding hydrogens is 316 g/mol. The fourth-order valence-corrected chi connectivity index (χ4v) is 3.17. The normalized spacial score (nSPS) is 15.3. The smallest absolute Gasteiger partial charge is 0.274 e. The minimum atomic E-state index is -0.247. The van der Waals surface area contributed by atoms with Crippen LogP contribution in [0.3, 0.4) is 0 Å². The monoisotopic (exact) mass is 342 g/mol. The summed E-state index contributed by atoms with van der Waals surface area (Å²) in [6, 6.07) is 7.16. The lowest BCUT2D eigenvalue weighted by atomic mass is 10.1. The Morgan fingerprint density at radius 3 is 2.68 bits per heavy atom. The molecule has 0 radical (unpaired) electrons. The number of hydrogen-bond acceptors (Lipinski definition) is 4. The van der Waals surface area contributed by atoms with E-state index in [0.29, 0.717) is 35.5 Å². The van der Waals surface area contributed by atoms with Crippen molar-refractivity contribution in [2.75, 3.05) is 6.54 Å². The molecule has 1 amide bonds. The van der Waals surface area contributed by atoms with Crippen LogP contribution in [0, 0.1) is 5.92 Å². The van der Waals surface area contributed by atoms with Crippen molar-refractivity contribution in [1.29, 1.82) is 0 Å². The number of benzene rings is 1. The maximum atomic E-state index is 12.8. The van der Waals surface area contributed by atoms with Crippen LogP contribution < -0.4 is 16.6 Å². The van der Waals surface area contributed by atoms with Gasteiger partial charge in [0.1, 0.15) is 0 Å². The highest BCUT2D eigenvalue weighted by molar-refractivity contribution is 6.04. The van der Waals surface area contributed by atoms with Crippen LogP contribution in [0.4, 0.5) is 0 Å². The molecule has 3 rings (SSSR count). The molecule has 1 unspecified atom stereocenters. The SMILES string of the molecule is CCCCCn1nc(C(=O)NC(CN)C2CC2)c2ccccc2c1=O. The molecule has 1 aliphatic rings. The van der Waals surface area contributed by atoms with E-state index < -0.39 is 0 Å². The fourth-order valence-electron chi connectivity index (χ4n) is 3.17. The molecule has 6 nitrogen and oxygen atoms in total. The van der Waals surface area contributed by atoms with Crippen LogP contribution in [0.2, 0.25) is 0 Å². The number of fused-ring (bicyclic) bond motifs is 1. The van der Waals surface area contributed by atoms with Crippen LogP contribution in [0.25, 0.3) is 10.8 Å². The standard InChI is InChI=1S/C19H26N4O2/c1-2-3-6-11-23-19(25)15-8-5-4-7-14(15)17(22-23)18(24)21-16(12-20)13-9-10-13/h4-5,7-8,13,16H,2-3,6,9-12,20H2,1H3,(H,21,24). The van der Waals surface area contributed by atoms with E-state index in [1.165, 1.54) is 4.68 Å². The summed E-state index contributed by atoms with van der Waals surface area (Å²) in [6.45, 7) is 3.06. The van der Waals surface area contributed by atoms with Gasteiger partial charge in [-0.2, -0.15) is 5.10 Å². The summed E-state index contributed by atoms with van der Waals surface area (Å²) in [7, 11) is 0. The zero-order valence-electron chi connectivity index (χ0n) is 14.7. The lowest BCUT2D eigenvalue weighted by molar-refractivity contribution is 0.0928. The average Bonchev–Trinajstić information content (AvgIpc) is 3.46. The predicted molar refractivity (Wildman–Crippen MR) is 98.6 cm³/mol. The molecule has 1 fully saturated rings. The number of nitrogens with zero attached hydrogens (tertiary/aromatic N) is 2. The van der Waals surface area contributed by atoms with Gasteiger partial charge in [-0.25, -0.2) is 4.68 Å². The molecule has 1 saturated carbocycles. The third kappa shape index (κ3) is 3.90. The first-order valence-corrected chi connectivity index (χ1v) is 9.16. The minimum Gasteiger partial charge on any atom is -0.346 e. The first-order valence-electron chi connectivity index (χ1n) is 9.16. The molecule has 0 spiro atoms. The van der Waals surface area contributed by atoms with Crippen molar-refractivity contribution in [2.24, 2.45) is 11.7 Å². The van der Waals surface area contributed by atoms with Crippen molar-refractivity contribution in [3.05, 3.63) is 40.3 Å². The number of aromatic nitrogens is 2. The highest BCUT2D eigenvalue weighted by atomic mass is 16.2. The molecular formula is C19H26N4O2. The Labute approximate surface area is 147 Å². The number of hydrogen-bond donors (Lipinski definition) is 2. The van der Waals surface area contributed by atoms with Gasteiger partial charge in [0.15, 0.2) is 5.69 Å². The third-order valence-electron chi connectivity index (χ3n) is 4.82. The summed E-state index contributed by atoms with van der Waals surface area (Å²) in [4.78, 5) is 25.5. The first-order chi connectivity index (χ1) is 12.2. The quantitative estimate of drug-likeness (QED) is 0.719. The number of nitrogens with two attached hydrogens (primary N) is 1. The van der Waals surface area contributed by atoms with E-state index in [1.807, 2.05) is 12.1 Å². The summed E-state index contributed by atoms with van der Waals surface area (Å²) in [5.41, 5.74) is 5.97. The average molecular weight is 342 g/mol. The molecule has 1 aromatic carbocycles. The molecule has 0 aliphatic heterocycles. The minimum absolute atomic E-state index is 0.0199. The van der Waals surface area contributed by atoms with Gasteiger partial charge in [-0.3, -0.25) is 9.59 Å². The Morgan fingerprint density at radius 2 is 2.04 bits per heavy atom. The van der Waals surface area contributed by atoms with Gasteiger partial charge in [0.25, 0.3) is 11.5 Å². The number of carbonyl (C=O) groups excluding carboxylic acids is 1. The number of nitrogens with one attached hydrogen (secondary N) is 1. The lowest BCUT2D eigenvalue weighted by Crippen LogP contribution is -2.42. The number of rotatable bonds is 8. The van der Waals surface area contributed by atoms with Crippen molar-refractivity contribution in [2.45, 2.75) is 51.6 Å². The van der Waals surface area contributed by atoms with Gasteiger partial charge in [0.05, 0.1) is 5.39 Å². The van der Waals surface area contributed by atoms with Crippen molar-refractivity contribution < 1.29 is 4.79 Å². The molecule has 1 aliphatic carbocycles. The molecule has 0 saturated heterocycles. The maximum absolute atomic E-state index is 12.8. The second-order valence-corrected chi connectivity index (χ2v) is 6.78. The highest BCUT2D eigenvalue weighted by Crippen LogP contribution is 2.32. The Balaban J connectivity index is 1.95. The second-order valence-electron chi connectivity index (χ2n) is 6.78. The molecule has 1 heterocycles. The largest absolute Gasteiger partial charge is 0.346 e. The number of unbranched alkanes of at least 4 members (excludes halogenated alkanes) is 2. The zero-order chi connectivity index (χ0) is 17.8. The van der Waals surface area contributed by atoms with E-state index in [9.17, 15) is 9.59 Å². The van der Waals surface area contributed by atoms with Crippen molar-refractivity contribution in [3.8, 4) is 0 Å². The zero-order valence-corrected chi connectivity index (χ0v) is 14.7. The molecule has 134 valence electrons. The van der Waals surface area contributed by atoms with Gasteiger partial charge in [-0.1, -0.05) is 38.0 Å². The number of carbonyl (C=O) groups is 1. The molecule has 6 heteroatoms. The van der Waals surface area contributed by atoms with E-state index in [0.717, 1.165) is 32.1 Å². The fraction of sp³-hybridized carbons (Fsp3) is 0.526. The van der Waals surface area contributed by atoms with Crippen LogP contribution in [0.1, 0.15) is 49.5 Å². The van der Waals surface area contributed by atoms with Crippen LogP contribution in [0.15, 0.2) is 29.1 Å². The Bertz CT molecular complexity index is 811. The molecule has 1 atom stereocenters. The van der Waals surface area contributed by atoms with Crippen molar-refractivity contribution in [3.63, 3.8) is 0 Å². The number of amides is 1. The van der Waals surface area contributed by atoms with E-state index in [1.54, 1.807) is 12.1 Å². The van der Waals surface area contributed by atoms with E-state index in [4.69, 9.17) is 5.73 Å². The van der Waals surface area contributed by atoms with E-state index in [-0.39, 0.29) is 17.5 Å². The summed E-state index contributed by atoms with van der Waals surface area (Å²) >= 11 is 0. The van der Waals surface area contributed by atoms with Gasteiger partial charge in [-0.15, -0.1) is 0 Å². The van der Waals surface area contributed by atoms with E-state index in [2.05, 4.69) is 17.3 Å². The van der Waals surface area contributed by atoms with Crippen LogP contribution in [-0.4, -0.2) is 28.3 Å².